The van der Waals surface area contributed by atoms with E-state index in [0.717, 1.165) is 9.24 Å². The van der Waals surface area contributed by atoms with Crippen molar-refractivity contribution in [1.82, 2.24) is 4.98 Å². The van der Waals surface area contributed by atoms with E-state index < -0.39 is 0 Å². The Bertz CT molecular complexity index is 230. The van der Waals surface area contributed by atoms with Gasteiger partial charge in [-0.25, -0.2) is 0 Å². The molecule has 1 aromatic rings. The monoisotopic (exact) mass is 189 g/mol. The third kappa shape index (κ3) is 1.42. The van der Waals surface area contributed by atoms with Gasteiger partial charge in [0, 0.05) is 0 Å². The predicted octanol–water partition coefficient (Wildman–Crippen LogP) is 2.51. The van der Waals surface area contributed by atoms with Gasteiger partial charge in [0.25, 0.3) is 0 Å². The SMILES string of the molecule is S=c1cccc(Br)[nH]1. The van der Waals surface area contributed by atoms with E-state index in [9.17, 15) is 0 Å². The molecule has 0 atom stereocenters. The molecule has 0 spiro atoms. The van der Waals surface area contributed by atoms with Gasteiger partial charge in [-0.2, -0.15) is 0 Å². The average molecular weight is 190 g/mol. The summed E-state index contributed by atoms with van der Waals surface area (Å²) in [6, 6.07) is 5.62. The summed E-state index contributed by atoms with van der Waals surface area (Å²) in [6.07, 6.45) is 0. The second kappa shape index (κ2) is 2.42. The number of aromatic amines is 1. The van der Waals surface area contributed by atoms with Gasteiger partial charge in [-0.1, -0.05) is 18.3 Å². The molecule has 3 heteroatoms. The summed E-state index contributed by atoms with van der Waals surface area (Å²) in [5, 5.41) is 0. The minimum Gasteiger partial charge on any atom is -0.341 e. The highest BCUT2D eigenvalue weighted by atomic mass is 79.9. The van der Waals surface area contributed by atoms with Gasteiger partial charge in [-0.3, -0.25) is 0 Å². The van der Waals surface area contributed by atoms with Crippen LogP contribution in [0.15, 0.2) is 22.8 Å². The molecule has 0 saturated carbocycles. The van der Waals surface area contributed by atoms with Crippen molar-refractivity contribution in [3.05, 3.63) is 27.4 Å². The molecule has 1 nitrogen and oxygen atoms in total. The minimum atomic E-state index is 0.749. The number of aromatic nitrogens is 1. The Labute approximate surface area is 60.9 Å². The van der Waals surface area contributed by atoms with E-state index in [0.29, 0.717) is 0 Å². The number of hydrogen-bond donors (Lipinski definition) is 1. The van der Waals surface area contributed by atoms with Crippen LogP contribution in [0.1, 0.15) is 0 Å². The van der Waals surface area contributed by atoms with Crippen LogP contribution in [0.25, 0.3) is 0 Å². The molecule has 0 aliphatic rings. The van der Waals surface area contributed by atoms with E-state index >= 15 is 0 Å². The van der Waals surface area contributed by atoms with Crippen molar-refractivity contribution in [1.29, 1.82) is 0 Å². The summed E-state index contributed by atoms with van der Waals surface area (Å²) in [5.74, 6) is 0. The van der Waals surface area contributed by atoms with Crippen molar-refractivity contribution in [3.8, 4) is 0 Å². The number of rotatable bonds is 0. The molecule has 0 aromatic carbocycles. The van der Waals surface area contributed by atoms with Gasteiger partial charge in [0.15, 0.2) is 0 Å². The normalized spacial score (nSPS) is 9.12. The molecule has 0 saturated heterocycles. The lowest BCUT2D eigenvalue weighted by molar-refractivity contribution is 1.25. The summed E-state index contributed by atoms with van der Waals surface area (Å²) in [7, 11) is 0. The summed E-state index contributed by atoms with van der Waals surface area (Å²) >= 11 is 8.05. The third-order valence-electron chi connectivity index (χ3n) is 0.733. The summed E-state index contributed by atoms with van der Waals surface area (Å²) in [4.78, 5) is 2.90. The quantitative estimate of drug-likeness (QED) is 0.490. The zero-order valence-corrected chi connectivity index (χ0v) is 6.42. The van der Waals surface area contributed by atoms with Crippen LogP contribution in [0.3, 0.4) is 0 Å². The second-order valence-corrected chi connectivity index (χ2v) is 2.66. The first-order valence-corrected chi connectivity index (χ1v) is 3.34. The van der Waals surface area contributed by atoms with E-state index in [-0.39, 0.29) is 0 Å². The Hall–Kier alpha value is -0.150. The number of hydrogen-bond acceptors (Lipinski definition) is 1. The van der Waals surface area contributed by atoms with Crippen LogP contribution in [0.2, 0.25) is 0 Å². The van der Waals surface area contributed by atoms with E-state index in [1.807, 2.05) is 18.2 Å². The Morgan fingerprint density at radius 2 is 2.25 bits per heavy atom. The lowest BCUT2D eigenvalue weighted by Crippen LogP contribution is -1.71. The molecule has 0 fully saturated rings. The van der Waals surface area contributed by atoms with Crippen LogP contribution in [0, 0.1) is 4.64 Å². The highest BCUT2D eigenvalue weighted by molar-refractivity contribution is 9.10. The summed E-state index contributed by atoms with van der Waals surface area (Å²) in [6.45, 7) is 0. The predicted molar refractivity (Wildman–Crippen MR) is 39.3 cm³/mol. The lowest BCUT2D eigenvalue weighted by atomic mass is 10.5. The fourth-order valence-corrected chi connectivity index (χ4v) is 1.11. The van der Waals surface area contributed by atoms with Crippen LogP contribution in [-0.2, 0) is 0 Å². The maximum absolute atomic E-state index is 4.81. The molecule has 0 radical (unpaired) electrons. The third-order valence-corrected chi connectivity index (χ3v) is 1.43. The molecular formula is C5H4BrNS. The molecule has 1 rings (SSSR count). The Morgan fingerprint density at radius 3 is 2.62 bits per heavy atom. The van der Waals surface area contributed by atoms with Crippen LogP contribution in [-0.4, -0.2) is 4.98 Å². The molecule has 1 heterocycles. The molecule has 0 aliphatic carbocycles. The van der Waals surface area contributed by atoms with Gasteiger partial charge < -0.3 is 4.98 Å². The van der Waals surface area contributed by atoms with E-state index in [1.165, 1.54) is 0 Å². The topological polar surface area (TPSA) is 15.8 Å². The van der Waals surface area contributed by atoms with Crippen LogP contribution < -0.4 is 0 Å². The van der Waals surface area contributed by atoms with Gasteiger partial charge in [0.2, 0.25) is 0 Å². The van der Waals surface area contributed by atoms with Crippen molar-refractivity contribution in [2.75, 3.05) is 0 Å². The Morgan fingerprint density at radius 1 is 1.50 bits per heavy atom. The standard InChI is InChI=1S/C5H4BrNS/c6-4-2-1-3-5(8)7-4/h1-3H,(H,7,8). The van der Waals surface area contributed by atoms with Crippen molar-refractivity contribution in [2.45, 2.75) is 0 Å². The Kier molecular flexibility index (Phi) is 1.81. The largest absolute Gasteiger partial charge is 0.341 e. The van der Waals surface area contributed by atoms with Crippen LogP contribution in [0.4, 0.5) is 0 Å². The van der Waals surface area contributed by atoms with Crippen LogP contribution >= 0.6 is 28.1 Å². The van der Waals surface area contributed by atoms with Gasteiger partial charge in [-0.05, 0) is 28.1 Å². The van der Waals surface area contributed by atoms with Crippen molar-refractivity contribution in [2.24, 2.45) is 0 Å². The molecule has 0 unspecified atom stereocenters. The number of pyridine rings is 1. The molecule has 0 amide bonds. The highest BCUT2D eigenvalue weighted by Crippen LogP contribution is 2.02. The van der Waals surface area contributed by atoms with Crippen molar-refractivity contribution < 1.29 is 0 Å². The molecule has 42 valence electrons. The van der Waals surface area contributed by atoms with Gasteiger partial charge in [0.05, 0.1) is 4.60 Å². The average Bonchev–Trinajstić information content (AvgIpc) is 1.64. The van der Waals surface area contributed by atoms with E-state index in [4.69, 9.17) is 12.2 Å². The summed E-state index contributed by atoms with van der Waals surface area (Å²) in [5.41, 5.74) is 0. The first-order chi connectivity index (χ1) is 3.79. The summed E-state index contributed by atoms with van der Waals surface area (Å²) < 4.78 is 1.67. The maximum atomic E-state index is 4.81. The van der Waals surface area contributed by atoms with E-state index in [1.54, 1.807) is 0 Å². The van der Waals surface area contributed by atoms with Gasteiger partial charge in [-0.15, -0.1) is 0 Å². The molecule has 1 aromatic heterocycles. The molecule has 1 N–H and O–H groups in total. The maximum Gasteiger partial charge on any atom is 0.104 e. The van der Waals surface area contributed by atoms with Crippen LogP contribution in [0.5, 0.6) is 0 Å². The first-order valence-electron chi connectivity index (χ1n) is 2.14. The van der Waals surface area contributed by atoms with Gasteiger partial charge >= 0.3 is 0 Å². The van der Waals surface area contributed by atoms with Crippen molar-refractivity contribution in [3.63, 3.8) is 0 Å². The number of halogens is 1. The Balaban J connectivity index is 3.28. The molecule has 0 bridgehead atoms. The number of nitrogens with one attached hydrogen (secondary N) is 1. The first kappa shape index (κ1) is 5.98. The highest BCUT2D eigenvalue weighted by Gasteiger charge is 1.78. The molecular weight excluding hydrogens is 186 g/mol. The zero-order chi connectivity index (χ0) is 5.98. The molecule has 0 aliphatic heterocycles. The smallest absolute Gasteiger partial charge is 0.104 e. The lowest BCUT2D eigenvalue weighted by Gasteiger charge is -1.85. The van der Waals surface area contributed by atoms with E-state index in [2.05, 4.69) is 20.9 Å². The molecule has 8 heavy (non-hydrogen) atoms. The second-order valence-electron chi connectivity index (χ2n) is 1.36. The fraction of sp³-hybridized carbons (Fsp3) is 0. The minimum absolute atomic E-state index is 0.749. The zero-order valence-electron chi connectivity index (χ0n) is 4.02. The van der Waals surface area contributed by atoms with Crippen molar-refractivity contribution >= 4 is 28.1 Å². The van der Waals surface area contributed by atoms with Gasteiger partial charge in [0.1, 0.15) is 4.64 Å². The number of H-pyrrole nitrogens is 1. The fourth-order valence-electron chi connectivity index (χ4n) is 0.421.